The second-order valence-electron chi connectivity index (χ2n) is 7.34. The molecule has 1 saturated heterocycles. The van der Waals surface area contributed by atoms with Gasteiger partial charge >= 0.3 is 7.12 Å². The van der Waals surface area contributed by atoms with Gasteiger partial charge in [0.05, 0.1) is 11.2 Å². The average molecular weight is 322 g/mol. The van der Waals surface area contributed by atoms with Crippen LogP contribution in [0.1, 0.15) is 45.0 Å². The van der Waals surface area contributed by atoms with E-state index in [1.165, 1.54) is 0 Å². The molecule has 0 bridgehead atoms. The Kier molecular flexibility index (Phi) is 4.14. The molecule has 0 amide bonds. The fourth-order valence-corrected chi connectivity index (χ4v) is 2.71. The van der Waals surface area contributed by atoms with Crippen LogP contribution in [0.25, 0.3) is 11.1 Å². The fraction of sp³-hybridized carbons (Fsp3) is 0.350. The first-order valence-corrected chi connectivity index (χ1v) is 8.27. The van der Waals surface area contributed by atoms with Crippen LogP contribution in [-0.2, 0) is 9.31 Å². The molecule has 1 aliphatic heterocycles. The zero-order chi connectivity index (χ0) is 17.5. The van der Waals surface area contributed by atoms with Gasteiger partial charge in [-0.25, -0.2) is 0 Å². The van der Waals surface area contributed by atoms with Crippen molar-refractivity contribution in [2.75, 3.05) is 0 Å². The van der Waals surface area contributed by atoms with Crippen LogP contribution in [0.4, 0.5) is 0 Å². The van der Waals surface area contributed by atoms with Gasteiger partial charge in [0.1, 0.15) is 0 Å². The summed E-state index contributed by atoms with van der Waals surface area (Å²) in [5, 5.41) is 0. The number of hydrogen-bond donors (Lipinski definition) is 0. The molecule has 0 radical (unpaired) electrons. The third kappa shape index (κ3) is 3.04. The molecular formula is C20H23BO3. The number of Topliss-reactive ketones (excluding diaryl/α,β-unsaturated/α-hetero) is 1. The lowest BCUT2D eigenvalue weighted by atomic mass is 9.78. The third-order valence-electron chi connectivity index (χ3n) is 5.06. The summed E-state index contributed by atoms with van der Waals surface area (Å²) in [7, 11) is -0.343. The van der Waals surface area contributed by atoms with Crippen molar-refractivity contribution in [1.82, 2.24) is 0 Å². The summed E-state index contributed by atoms with van der Waals surface area (Å²) in [6.45, 7) is 9.79. The predicted molar refractivity (Wildman–Crippen MR) is 97.6 cm³/mol. The van der Waals surface area contributed by atoms with Gasteiger partial charge in [0.25, 0.3) is 0 Å². The van der Waals surface area contributed by atoms with Gasteiger partial charge < -0.3 is 9.31 Å². The standard InChI is InChI=1S/C20H23BO3/c1-14(22)15-6-8-16(9-7-15)17-10-12-18(13-11-17)21-23-19(2,3)20(4,5)24-21/h6-13H,1-5H3. The van der Waals surface area contributed by atoms with E-state index in [2.05, 4.69) is 39.8 Å². The number of carbonyl (C=O) groups excluding carboxylic acids is 1. The van der Waals surface area contributed by atoms with Crippen LogP contribution in [0.15, 0.2) is 48.5 Å². The first-order valence-electron chi connectivity index (χ1n) is 8.27. The van der Waals surface area contributed by atoms with E-state index in [1.54, 1.807) is 6.92 Å². The molecule has 2 aromatic rings. The molecule has 0 aliphatic carbocycles. The Morgan fingerprint density at radius 2 is 1.21 bits per heavy atom. The van der Waals surface area contributed by atoms with Crippen LogP contribution < -0.4 is 5.46 Å². The monoisotopic (exact) mass is 322 g/mol. The topological polar surface area (TPSA) is 35.5 Å². The van der Waals surface area contributed by atoms with Crippen LogP contribution in [0.2, 0.25) is 0 Å². The van der Waals surface area contributed by atoms with Gasteiger partial charge in [-0.1, -0.05) is 48.5 Å². The molecule has 2 aromatic carbocycles. The Hall–Kier alpha value is -1.91. The van der Waals surface area contributed by atoms with Gasteiger partial charge in [0.15, 0.2) is 5.78 Å². The van der Waals surface area contributed by atoms with Crippen LogP contribution in [0, 0.1) is 0 Å². The van der Waals surface area contributed by atoms with Crippen molar-refractivity contribution in [3.05, 3.63) is 54.1 Å². The van der Waals surface area contributed by atoms with Crippen molar-refractivity contribution in [3.63, 3.8) is 0 Å². The Morgan fingerprint density at radius 1 is 0.792 bits per heavy atom. The first kappa shape index (κ1) is 16.9. The molecule has 3 nitrogen and oxygen atoms in total. The molecule has 0 saturated carbocycles. The summed E-state index contributed by atoms with van der Waals surface area (Å²) in [6.07, 6.45) is 0. The minimum atomic E-state index is -0.343. The van der Waals surface area contributed by atoms with Gasteiger partial charge in [0, 0.05) is 5.56 Å². The lowest BCUT2D eigenvalue weighted by Gasteiger charge is -2.32. The molecule has 1 fully saturated rings. The van der Waals surface area contributed by atoms with Gasteiger partial charge in [-0.2, -0.15) is 0 Å². The van der Waals surface area contributed by atoms with Crippen molar-refractivity contribution in [2.24, 2.45) is 0 Å². The summed E-state index contributed by atoms with van der Waals surface area (Å²) < 4.78 is 12.2. The third-order valence-corrected chi connectivity index (χ3v) is 5.06. The molecule has 0 aromatic heterocycles. The molecule has 3 rings (SSSR count). The molecule has 24 heavy (non-hydrogen) atoms. The summed E-state index contributed by atoms with van der Waals surface area (Å²) in [4.78, 5) is 11.4. The highest BCUT2D eigenvalue weighted by atomic mass is 16.7. The van der Waals surface area contributed by atoms with E-state index >= 15 is 0 Å². The average Bonchev–Trinajstić information content (AvgIpc) is 2.76. The number of carbonyl (C=O) groups is 1. The summed E-state index contributed by atoms with van der Waals surface area (Å²) >= 11 is 0. The molecule has 1 heterocycles. The molecule has 0 unspecified atom stereocenters. The number of hydrogen-bond acceptors (Lipinski definition) is 3. The van der Waals surface area contributed by atoms with Crippen molar-refractivity contribution in [2.45, 2.75) is 45.8 Å². The molecule has 0 atom stereocenters. The van der Waals surface area contributed by atoms with Crippen LogP contribution in [0.3, 0.4) is 0 Å². The van der Waals surface area contributed by atoms with Gasteiger partial charge in [-0.15, -0.1) is 0 Å². The Labute approximate surface area is 144 Å². The maximum Gasteiger partial charge on any atom is 0.494 e. The largest absolute Gasteiger partial charge is 0.494 e. The lowest BCUT2D eigenvalue weighted by Crippen LogP contribution is -2.41. The molecular weight excluding hydrogens is 299 g/mol. The maximum absolute atomic E-state index is 11.4. The molecule has 1 aliphatic rings. The lowest BCUT2D eigenvalue weighted by molar-refractivity contribution is 0.00578. The molecule has 0 N–H and O–H groups in total. The summed E-state index contributed by atoms with van der Waals surface area (Å²) in [5.41, 5.74) is 3.26. The Bertz CT molecular complexity index is 729. The second-order valence-corrected chi connectivity index (χ2v) is 7.34. The number of ketones is 1. The van der Waals surface area contributed by atoms with E-state index in [4.69, 9.17) is 9.31 Å². The maximum atomic E-state index is 11.4. The number of rotatable bonds is 3. The van der Waals surface area contributed by atoms with E-state index < -0.39 is 0 Å². The predicted octanol–water partition coefficient (Wildman–Crippen LogP) is 3.86. The minimum Gasteiger partial charge on any atom is -0.399 e. The summed E-state index contributed by atoms with van der Waals surface area (Å²) in [6, 6.07) is 15.9. The van der Waals surface area contributed by atoms with Crippen molar-refractivity contribution < 1.29 is 14.1 Å². The molecule has 0 spiro atoms. The quantitative estimate of drug-likeness (QED) is 0.636. The fourth-order valence-electron chi connectivity index (χ4n) is 2.71. The van der Waals surface area contributed by atoms with Crippen molar-refractivity contribution in [1.29, 1.82) is 0 Å². The van der Waals surface area contributed by atoms with E-state index in [-0.39, 0.29) is 24.1 Å². The highest BCUT2D eigenvalue weighted by Gasteiger charge is 2.51. The SMILES string of the molecule is CC(=O)c1ccc(-c2ccc(B3OC(C)(C)C(C)(C)O3)cc2)cc1. The van der Waals surface area contributed by atoms with Gasteiger partial charge in [-0.3, -0.25) is 4.79 Å². The summed E-state index contributed by atoms with van der Waals surface area (Å²) in [5.74, 6) is 0.0812. The molecule has 124 valence electrons. The zero-order valence-corrected chi connectivity index (χ0v) is 14.9. The van der Waals surface area contributed by atoms with Crippen molar-refractivity contribution in [3.8, 4) is 11.1 Å². The zero-order valence-electron chi connectivity index (χ0n) is 14.9. The van der Waals surface area contributed by atoms with Crippen LogP contribution >= 0.6 is 0 Å². The number of benzene rings is 2. The van der Waals surface area contributed by atoms with Gasteiger partial charge in [-0.05, 0) is 51.2 Å². The van der Waals surface area contributed by atoms with Crippen LogP contribution in [-0.4, -0.2) is 24.1 Å². The van der Waals surface area contributed by atoms with E-state index in [9.17, 15) is 4.79 Å². The Morgan fingerprint density at radius 3 is 1.62 bits per heavy atom. The highest BCUT2D eigenvalue weighted by Crippen LogP contribution is 2.36. The van der Waals surface area contributed by atoms with E-state index in [0.29, 0.717) is 0 Å². The highest BCUT2D eigenvalue weighted by molar-refractivity contribution is 6.62. The normalized spacial score (nSPS) is 18.6. The minimum absolute atomic E-state index is 0.0812. The van der Waals surface area contributed by atoms with Crippen LogP contribution in [0.5, 0.6) is 0 Å². The van der Waals surface area contributed by atoms with E-state index in [0.717, 1.165) is 22.2 Å². The first-order chi connectivity index (χ1) is 11.2. The van der Waals surface area contributed by atoms with Gasteiger partial charge in [0.2, 0.25) is 0 Å². The Balaban J connectivity index is 1.80. The molecule has 4 heteroatoms. The smallest absolute Gasteiger partial charge is 0.399 e. The van der Waals surface area contributed by atoms with E-state index in [1.807, 2.05) is 36.4 Å². The second kappa shape index (κ2) is 5.87. The van der Waals surface area contributed by atoms with Crippen molar-refractivity contribution >= 4 is 18.4 Å².